The minimum Gasteiger partial charge on any atom is -0.326 e. The van der Waals surface area contributed by atoms with Gasteiger partial charge in [-0.3, -0.25) is 4.98 Å². The van der Waals surface area contributed by atoms with Crippen molar-refractivity contribution < 1.29 is 0 Å². The van der Waals surface area contributed by atoms with E-state index in [0.717, 1.165) is 33.3 Å². The van der Waals surface area contributed by atoms with Crippen LogP contribution < -0.4 is 5.73 Å². The van der Waals surface area contributed by atoms with Gasteiger partial charge < -0.3 is 5.73 Å². The molecule has 3 aromatic rings. The lowest BCUT2D eigenvalue weighted by Crippen LogP contribution is -1.95. The minimum absolute atomic E-state index is 0.496. The summed E-state index contributed by atoms with van der Waals surface area (Å²) in [6.07, 6.45) is 2.77. The van der Waals surface area contributed by atoms with Crippen LogP contribution in [0.5, 0.6) is 0 Å². The molecule has 0 aliphatic carbocycles. The van der Waals surface area contributed by atoms with Crippen LogP contribution in [0.4, 0.5) is 0 Å². The molecule has 2 N–H and O–H groups in total. The first-order chi connectivity index (χ1) is 10.3. The van der Waals surface area contributed by atoms with Gasteiger partial charge in [0, 0.05) is 23.2 Å². The average molecular weight is 295 g/mol. The molecular formula is C17H17N3S. The monoisotopic (exact) mass is 295 g/mol. The van der Waals surface area contributed by atoms with E-state index >= 15 is 0 Å². The van der Waals surface area contributed by atoms with Crippen LogP contribution in [0.25, 0.3) is 22.0 Å². The summed E-state index contributed by atoms with van der Waals surface area (Å²) in [5.41, 5.74) is 10.2. The van der Waals surface area contributed by atoms with E-state index in [1.165, 1.54) is 5.56 Å². The molecule has 0 bridgehead atoms. The van der Waals surface area contributed by atoms with Crippen molar-refractivity contribution in [2.75, 3.05) is 0 Å². The highest BCUT2D eigenvalue weighted by molar-refractivity contribution is 7.15. The molecule has 3 nitrogen and oxygen atoms in total. The van der Waals surface area contributed by atoms with Crippen molar-refractivity contribution in [3.05, 3.63) is 59.1 Å². The number of aromatic nitrogens is 2. The summed E-state index contributed by atoms with van der Waals surface area (Å²) < 4.78 is 0. The summed E-state index contributed by atoms with van der Waals surface area (Å²) in [5, 5.41) is 0.951. The lowest BCUT2D eigenvalue weighted by molar-refractivity contribution is 1.09. The quantitative estimate of drug-likeness (QED) is 0.794. The molecule has 106 valence electrons. The number of aryl methyl sites for hydroxylation is 1. The number of nitrogens with zero attached hydrogens (tertiary/aromatic N) is 2. The van der Waals surface area contributed by atoms with Crippen molar-refractivity contribution in [3.8, 4) is 22.0 Å². The lowest BCUT2D eigenvalue weighted by Gasteiger charge is -2.02. The fourth-order valence-corrected chi connectivity index (χ4v) is 3.32. The van der Waals surface area contributed by atoms with Crippen LogP contribution in [-0.4, -0.2) is 9.97 Å². The van der Waals surface area contributed by atoms with Crippen LogP contribution >= 0.6 is 11.3 Å². The summed E-state index contributed by atoms with van der Waals surface area (Å²) in [5.74, 6) is 0. The van der Waals surface area contributed by atoms with Gasteiger partial charge >= 0.3 is 0 Å². The molecule has 0 amide bonds. The number of rotatable bonds is 4. The Bertz CT molecular complexity index is 735. The van der Waals surface area contributed by atoms with Crippen molar-refractivity contribution in [3.63, 3.8) is 0 Å². The molecule has 21 heavy (non-hydrogen) atoms. The second-order valence-electron chi connectivity index (χ2n) is 4.73. The van der Waals surface area contributed by atoms with Gasteiger partial charge in [-0.15, -0.1) is 11.3 Å². The Balaban J connectivity index is 2.12. The number of hydrogen-bond donors (Lipinski definition) is 1. The van der Waals surface area contributed by atoms with Crippen LogP contribution in [0.2, 0.25) is 0 Å². The first-order valence-electron chi connectivity index (χ1n) is 7.03. The highest BCUT2D eigenvalue weighted by Crippen LogP contribution is 2.34. The first-order valence-corrected chi connectivity index (χ1v) is 7.84. The Hall–Kier alpha value is -2.04. The maximum Gasteiger partial charge on any atom is 0.143 e. The van der Waals surface area contributed by atoms with Crippen molar-refractivity contribution in [2.45, 2.75) is 19.9 Å². The van der Waals surface area contributed by atoms with E-state index < -0.39 is 0 Å². The molecule has 3 rings (SSSR count). The van der Waals surface area contributed by atoms with Gasteiger partial charge in [0.15, 0.2) is 0 Å². The Morgan fingerprint density at radius 2 is 1.86 bits per heavy atom. The third-order valence-electron chi connectivity index (χ3n) is 3.40. The summed E-state index contributed by atoms with van der Waals surface area (Å²) in [6, 6.07) is 14.3. The van der Waals surface area contributed by atoms with Gasteiger partial charge in [0.2, 0.25) is 0 Å². The second-order valence-corrected chi connectivity index (χ2v) is 5.81. The number of benzene rings is 1. The van der Waals surface area contributed by atoms with Crippen molar-refractivity contribution in [1.29, 1.82) is 0 Å². The third-order valence-corrected chi connectivity index (χ3v) is 4.49. The first kappa shape index (κ1) is 13.9. The van der Waals surface area contributed by atoms with E-state index in [1.54, 1.807) is 11.3 Å². The number of pyridine rings is 1. The van der Waals surface area contributed by atoms with Crippen molar-refractivity contribution in [1.82, 2.24) is 9.97 Å². The van der Waals surface area contributed by atoms with Gasteiger partial charge in [-0.25, -0.2) is 4.98 Å². The SMILES string of the molecule is CCc1cccnc1-c1nc(-c2ccccc2)c(CN)s1. The Kier molecular flexibility index (Phi) is 4.08. The zero-order valence-electron chi connectivity index (χ0n) is 11.9. The lowest BCUT2D eigenvalue weighted by atomic mass is 10.1. The van der Waals surface area contributed by atoms with Crippen LogP contribution in [0.3, 0.4) is 0 Å². The smallest absolute Gasteiger partial charge is 0.143 e. The van der Waals surface area contributed by atoms with Gasteiger partial charge in [0.1, 0.15) is 10.7 Å². The predicted molar refractivity (Wildman–Crippen MR) is 88.1 cm³/mol. The van der Waals surface area contributed by atoms with E-state index in [0.29, 0.717) is 6.54 Å². The maximum atomic E-state index is 5.90. The molecule has 2 aromatic heterocycles. The molecule has 2 heterocycles. The Morgan fingerprint density at radius 1 is 1.05 bits per heavy atom. The van der Waals surface area contributed by atoms with E-state index in [4.69, 9.17) is 10.7 Å². The number of thiazole rings is 1. The fraction of sp³-hybridized carbons (Fsp3) is 0.176. The van der Waals surface area contributed by atoms with E-state index in [1.807, 2.05) is 30.5 Å². The van der Waals surface area contributed by atoms with Crippen molar-refractivity contribution in [2.24, 2.45) is 5.73 Å². The predicted octanol–water partition coefficient (Wildman–Crippen LogP) is 3.89. The molecular weight excluding hydrogens is 278 g/mol. The minimum atomic E-state index is 0.496. The van der Waals surface area contributed by atoms with Crippen LogP contribution in [0.1, 0.15) is 17.4 Å². The standard InChI is InChI=1S/C17H17N3S/c1-2-12-9-6-10-19-16(12)17-20-15(14(11-18)21-17)13-7-4-3-5-8-13/h3-10H,2,11,18H2,1H3. The van der Waals surface area contributed by atoms with E-state index in [-0.39, 0.29) is 0 Å². The molecule has 0 radical (unpaired) electrons. The number of nitrogens with two attached hydrogens (primary N) is 1. The van der Waals surface area contributed by atoms with E-state index in [2.05, 4.69) is 30.1 Å². The van der Waals surface area contributed by atoms with Gasteiger partial charge in [0.25, 0.3) is 0 Å². The molecule has 0 aliphatic rings. The normalized spacial score (nSPS) is 10.8. The molecule has 0 unspecified atom stereocenters. The highest BCUT2D eigenvalue weighted by Gasteiger charge is 2.15. The molecule has 0 fully saturated rings. The fourth-order valence-electron chi connectivity index (χ4n) is 2.33. The average Bonchev–Trinajstić information content (AvgIpc) is 2.99. The molecule has 0 spiro atoms. The van der Waals surface area contributed by atoms with Crippen LogP contribution in [0.15, 0.2) is 48.7 Å². The largest absolute Gasteiger partial charge is 0.326 e. The molecule has 1 aromatic carbocycles. The van der Waals surface area contributed by atoms with Gasteiger partial charge in [-0.05, 0) is 18.1 Å². The molecule has 0 atom stereocenters. The van der Waals surface area contributed by atoms with Crippen LogP contribution in [-0.2, 0) is 13.0 Å². The molecule has 4 heteroatoms. The zero-order valence-corrected chi connectivity index (χ0v) is 12.7. The Morgan fingerprint density at radius 3 is 2.57 bits per heavy atom. The Labute approximate surface area is 128 Å². The topological polar surface area (TPSA) is 51.8 Å². The highest BCUT2D eigenvalue weighted by atomic mass is 32.1. The van der Waals surface area contributed by atoms with Gasteiger partial charge in [-0.2, -0.15) is 0 Å². The summed E-state index contributed by atoms with van der Waals surface area (Å²) in [6.45, 7) is 2.63. The van der Waals surface area contributed by atoms with E-state index in [9.17, 15) is 0 Å². The van der Waals surface area contributed by atoms with Gasteiger partial charge in [-0.1, -0.05) is 43.3 Å². The summed E-state index contributed by atoms with van der Waals surface area (Å²) in [7, 11) is 0. The van der Waals surface area contributed by atoms with Crippen LogP contribution in [0, 0.1) is 0 Å². The maximum absolute atomic E-state index is 5.90. The summed E-state index contributed by atoms with van der Waals surface area (Å²) in [4.78, 5) is 10.4. The molecule has 0 saturated heterocycles. The van der Waals surface area contributed by atoms with Gasteiger partial charge in [0.05, 0.1) is 5.69 Å². The molecule has 0 aliphatic heterocycles. The molecule has 0 saturated carbocycles. The number of hydrogen-bond acceptors (Lipinski definition) is 4. The van der Waals surface area contributed by atoms with Crippen molar-refractivity contribution >= 4 is 11.3 Å². The second kappa shape index (κ2) is 6.16. The summed E-state index contributed by atoms with van der Waals surface area (Å²) >= 11 is 1.64. The zero-order chi connectivity index (χ0) is 14.7. The third kappa shape index (κ3) is 2.73.